The summed E-state index contributed by atoms with van der Waals surface area (Å²) in [6.45, 7) is 1.38. The van der Waals surface area contributed by atoms with Gasteiger partial charge < -0.3 is 9.47 Å². The van der Waals surface area contributed by atoms with Crippen LogP contribution in [0.1, 0.15) is 18.4 Å². The number of cyclic esters (lactones) is 1. The van der Waals surface area contributed by atoms with E-state index in [1.807, 2.05) is 12.1 Å². The SMILES string of the molecule is O=C1OC(C2CCOCC2)=N/C1=C/c1ccc(Cl)cc1. The first-order valence-corrected chi connectivity index (χ1v) is 6.96. The summed E-state index contributed by atoms with van der Waals surface area (Å²) in [5.41, 5.74) is 1.21. The maximum absolute atomic E-state index is 11.8. The third kappa shape index (κ3) is 2.92. The average Bonchev–Trinajstić information content (AvgIpc) is 2.84. The zero-order valence-electron chi connectivity index (χ0n) is 10.8. The van der Waals surface area contributed by atoms with Crippen molar-refractivity contribution in [2.24, 2.45) is 10.9 Å². The molecular weight excluding hydrogens is 278 g/mol. The number of ether oxygens (including phenoxy) is 2. The summed E-state index contributed by atoms with van der Waals surface area (Å²) in [6, 6.07) is 7.23. The van der Waals surface area contributed by atoms with Gasteiger partial charge in [-0.25, -0.2) is 9.79 Å². The Balaban J connectivity index is 1.80. The zero-order chi connectivity index (χ0) is 13.9. The number of esters is 1. The molecule has 1 aromatic carbocycles. The summed E-state index contributed by atoms with van der Waals surface area (Å²) in [5, 5.41) is 0.660. The first kappa shape index (κ1) is 13.3. The molecule has 3 rings (SSSR count). The Labute approximate surface area is 122 Å². The second kappa shape index (κ2) is 5.77. The smallest absolute Gasteiger partial charge is 0.363 e. The molecule has 0 aromatic heterocycles. The third-order valence-electron chi connectivity index (χ3n) is 3.38. The highest BCUT2D eigenvalue weighted by Gasteiger charge is 2.30. The second-order valence-corrected chi connectivity index (χ2v) is 5.24. The van der Waals surface area contributed by atoms with Gasteiger partial charge in [0, 0.05) is 24.2 Å². The van der Waals surface area contributed by atoms with Crippen molar-refractivity contribution in [3.05, 3.63) is 40.5 Å². The predicted octanol–water partition coefficient (Wildman–Crippen LogP) is 3.06. The van der Waals surface area contributed by atoms with Gasteiger partial charge in [0.25, 0.3) is 0 Å². The van der Waals surface area contributed by atoms with Crippen molar-refractivity contribution in [1.82, 2.24) is 0 Å². The van der Waals surface area contributed by atoms with Crippen LogP contribution in [-0.2, 0) is 14.3 Å². The van der Waals surface area contributed by atoms with E-state index in [0.717, 1.165) is 18.4 Å². The maximum atomic E-state index is 11.8. The fraction of sp³-hybridized carbons (Fsp3) is 0.333. The molecule has 4 nitrogen and oxygen atoms in total. The molecule has 1 saturated heterocycles. The van der Waals surface area contributed by atoms with E-state index in [4.69, 9.17) is 21.1 Å². The molecule has 0 saturated carbocycles. The molecule has 0 N–H and O–H groups in total. The quantitative estimate of drug-likeness (QED) is 0.621. The van der Waals surface area contributed by atoms with E-state index < -0.39 is 0 Å². The number of hydrogen-bond acceptors (Lipinski definition) is 4. The van der Waals surface area contributed by atoms with E-state index in [2.05, 4.69) is 4.99 Å². The van der Waals surface area contributed by atoms with Crippen LogP contribution in [0.25, 0.3) is 6.08 Å². The van der Waals surface area contributed by atoms with Crippen LogP contribution in [0.3, 0.4) is 0 Å². The van der Waals surface area contributed by atoms with Gasteiger partial charge in [-0.1, -0.05) is 23.7 Å². The summed E-state index contributed by atoms with van der Waals surface area (Å²) >= 11 is 5.83. The summed E-state index contributed by atoms with van der Waals surface area (Å²) in [4.78, 5) is 16.2. The molecule has 20 heavy (non-hydrogen) atoms. The van der Waals surface area contributed by atoms with Crippen LogP contribution in [0.5, 0.6) is 0 Å². The predicted molar refractivity (Wildman–Crippen MR) is 76.5 cm³/mol. The van der Waals surface area contributed by atoms with Crippen molar-refractivity contribution in [3.63, 3.8) is 0 Å². The number of rotatable bonds is 2. The van der Waals surface area contributed by atoms with E-state index in [1.165, 1.54) is 0 Å². The van der Waals surface area contributed by atoms with Gasteiger partial charge in [-0.2, -0.15) is 0 Å². The van der Waals surface area contributed by atoms with Crippen molar-refractivity contribution in [3.8, 4) is 0 Å². The van der Waals surface area contributed by atoms with E-state index >= 15 is 0 Å². The lowest BCUT2D eigenvalue weighted by Crippen LogP contribution is -2.24. The van der Waals surface area contributed by atoms with Crippen LogP contribution < -0.4 is 0 Å². The number of benzene rings is 1. The Bertz CT molecular complexity index is 571. The number of carbonyl (C=O) groups is 1. The molecule has 0 atom stereocenters. The molecule has 0 aliphatic carbocycles. The van der Waals surface area contributed by atoms with Crippen LogP contribution in [-0.4, -0.2) is 25.1 Å². The van der Waals surface area contributed by atoms with E-state index in [-0.39, 0.29) is 11.9 Å². The van der Waals surface area contributed by atoms with Crippen LogP contribution in [0.15, 0.2) is 35.0 Å². The summed E-state index contributed by atoms with van der Waals surface area (Å²) in [5.74, 6) is 0.323. The van der Waals surface area contributed by atoms with Crippen molar-refractivity contribution in [2.75, 3.05) is 13.2 Å². The van der Waals surface area contributed by atoms with Gasteiger partial charge in [-0.3, -0.25) is 0 Å². The standard InChI is InChI=1S/C15H14ClNO3/c16-12-3-1-10(2-4-12)9-13-15(18)20-14(17-13)11-5-7-19-8-6-11/h1-4,9,11H,5-8H2/b13-9+. The van der Waals surface area contributed by atoms with Crippen LogP contribution >= 0.6 is 11.6 Å². The first-order chi connectivity index (χ1) is 9.72. The van der Waals surface area contributed by atoms with Gasteiger partial charge >= 0.3 is 5.97 Å². The van der Waals surface area contributed by atoms with Crippen molar-refractivity contribution >= 4 is 29.5 Å². The fourth-order valence-electron chi connectivity index (χ4n) is 2.26. The van der Waals surface area contributed by atoms with Crippen LogP contribution in [0.2, 0.25) is 5.02 Å². The minimum Gasteiger partial charge on any atom is -0.406 e. The van der Waals surface area contributed by atoms with Crippen molar-refractivity contribution < 1.29 is 14.3 Å². The molecule has 2 aliphatic heterocycles. The maximum Gasteiger partial charge on any atom is 0.363 e. The molecule has 5 heteroatoms. The van der Waals surface area contributed by atoms with Gasteiger partial charge in [0.05, 0.1) is 0 Å². The summed E-state index contributed by atoms with van der Waals surface area (Å²) in [6.07, 6.45) is 3.41. The van der Waals surface area contributed by atoms with E-state index in [9.17, 15) is 4.79 Å². The number of carbonyl (C=O) groups excluding carboxylic acids is 1. The summed E-state index contributed by atoms with van der Waals surface area (Å²) < 4.78 is 10.6. The van der Waals surface area contributed by atoms with Gasteiger partial charge in [-0.15, -0.1) is 0 Å². The minimum absolute atomic E-state index is 0.184. The Morgan fingerprint density at radius 2 is 1.90 bits per heavy atom. The third-order valence-corrected chi connectivity index (χ3v) is 3.63. The van der Waals surface area contributed by atoms with Crippen molar-refractivity contribution in [1.29, 1.82) is 0 Å². The molecule has 0 bridgehead atoms. The van der Waals surface area contributed by atoms with Crippen LogP contribution in [0.4, 0.5) is 0 Å². The van der Waals surface area contributed by atoms with Gasteiger partial charge in [0.15, 0.2) is 5.70 Å². The molecule has 2 aliphatic rings. The number of hydrogen-bond donors (Lipinski definition) is 0. The fourth-order valence-corrected chi connectivity index (χ4v) is 2.39. The van der Waals surface area contributed by atoms with Gasteiger partial charge in [-0.05, 0) is 36.6 Å². The molecule has 0 amide bonds. The minimum atomic E-state index is -0.388. The molecule has 104 valence electrons. The molecule has 2 heterocycles. The Morgan fingerprint density at radius 1 is 1.20 bits per heavy atom. The van der Waals surface area contributed by atoms with E-state index in [1.54, 1.807) is 18.2 Å². The monoisotopic (exact) mass is 291 g/mol. The average molecular weight is 292 g/mol. The first-order valence-electron chi connectivity index (χ1n) is 6.58. The molecule has 0 unspecified atom stereocenters. The Kier molecular flexibility index (Phi) is 3.85. The summed E-state index contributed by atoms with van der Waals surface area (Å²) in [7, 11) is 0. The number of halogens is 1. The van der Waals surface area contributed by atoms with Crippen LogP contribution in [0, 0.1) is 5.92 Å². The van der Waals surface area contributed by atoms with Gasteiger partial charge in [0.1, 0.15) is 0 Å². The number of nitrogens with zero attached hydrogens (tertiary/aromatic N) is 1. The topological polar surface area (TPSA) is 47.9 Å². The normalized spacial score (nSPS) is 21.9. The lowest BCUT2D eigenvalue weighted by atomic mass is 10.0. The zero-order valence-corrected chi connectivity index (χ0v) is 11.6. The molecule has 1 fully saturated rings. The molecular formula is C15H14ClNO3. The Morgan fingerprint density at radius 3 is 2.60 bits per heavy atom. The lowest BCUT2D eigenvalue weighted by molar-refractivity contribution is -0.130. The van der Waals surface area contributed by atoms with E-state index in [0.29, 0.717) is 29.8 Å². The van der Waals surface area contributed by atoms with Crippen molar-refractivity contribution in [2.45, 2.75) is 12.8 Å². The molecule has 0 radical (unpaired) electrons. The second-order valence-electron chi connectivity index (χ2n) is 4.81. The largest absolute Gasteiger partial charge is 0.406 e. The highest BCUT2D eigenvalue weighted by molar-refractivity contribution is 6.30. The van der Waals surface area contributed by atoms with Gasteiger partial charge in [0.2, 0.25) is 5.90 Å². The highest BCUT2D eigenvalue weighted by atomic mass is 35.5. The Hall–Kier alpha value is -1.65. The molecule has 0 spiro atoms. The highest BCUT2D eigenvalue weighted by Crippen LogP contribution is 2.24. The lowest BCUT2D eigenvalue weighted by Gasteiger charge is -2.20. The molecule has 1 aromatic rings. The number of aliphatic imine (C=N–C) groups is 1.